The van der Waals surface area contributed by atoms with E-state index in [0.29, 0.717) is 17.2 Å². The number of para-hydroxylation sites is 1. The van der Waals surface area contributed by atoms with E-state index in [1.54, 1.807) is 18.3 Å². The van der Waals surface area contributed by atoms with Gasteiger partial charge in [0, 0.05) is 5.39 Å². The van der Waals surface area contributed by atoms with E-state index in [2.05, 4.69) is 9.97 Å². The molecule has 1 atom stereocenters. The number of phenolic OH excluding ortho intramolecular Hbond substituents is 1. The van der Waals surface area contributed by atoms with Gasteiger partial charge in [-0.2, -0.15) is 0 Å². The average Bonchev–Trinajstić information content (AvgIpc) is 2.95. The van der Waals surface area contributed by atoms with Crippen LogP contribution in [-0.2, 0) is 0 Å². The van der Waals surface area contributed by atoms with E-state index < -0.39 is 0 Å². The second-order valence-electron chi connectivity index (χ2n) is 4.28. The molecule has 5 nitrogen and oxygen atoms in total. The SMILES string of the molecule is CC(N)c1cnc(-c2cc3cccc(O)c3[nH]2)o1. The number of nitrogens with one attached hydrogen (secondary N) is 1. The van der Waals surface area contributed by atoms with E-state index in [1.165, 1.54) is 0 Å². The normalized spacial score (nSPS) is 13.0. The predicted octanol–water partition coefficient (Wildman–Crippen LogP) is 2.55. The highest BCUT2D eigenvalue weighted by Crippen LogP contribution is 2.29. The first-order chi connectivity index (χ1) is 8.65. The lowest BCUT2D eigenvalue weighted by molar-refractivity contribution is 0.480. The van der Waals surface area contributed by atoms with E-state index in [1.807, 2.05) is 19.1 Å². The van der Waals surface area contributed by atoms with Crippen molar-refractivity contribution in [1.82, 2.24) is 9.97 Å². The Kier molecular flexibility index (Phi) is 2.34. The Morgan fingerprint density at radius 3 is 2.94 bits per heavy atom. The number of benzene rings is 1. The first-order valence-corrected chi connectivity index (χ1v) is 5.67. The van der Waals surface area contributed by atoms with Gasteiger partial charge in [-0.25, -0.2) is 4.98 Å². The first kappa shape index (κ1) is 10.9. The van der Waals surface area contributed by atoms with Crippen molar-refractivity contribution in [3.8, 4) is 17.3 Å². The maximum absolute atomic E-state index is 9.72. The summed E-state index contributed by atoms with van der Waals surface area (Å²) >= 11 is 0. The van der Waals surface area contributed by atoms with Crippen LogP contribution in [0.5, 0.6) is 5.75 Å². The number of fused-ring (bicyclic) bond motifs is 1. The molecular formula is C13H13N3O2. The van der Waals surface area contributed by atoms with Crippen LogP contribution in [0.4, 0.5) is 0 Å². The minimum atomic E-state index is -0.191. The molecule has 0 fully saturated rings. The Hall–Kier alpha value is -2.27. The van der Waals surface area contributed by atoms with Crippen LogP contribution in [0.25, 0.3) is 22.5 Å². The van der Waals surface area contributed by atoms with Crippen molar-refractivity contribution in [2.45, 2.75) is 13.0 Å². The van der Waals surface area contributed by atoms with Crippen molar-refractivity contribution in [2.24, 2.45) is 5.73 Å². The molecule has 0 saturated heterocycles. The summed E-state index contributed by atoms with van der Waals surface area (Å²) in [4.78, 5) is 7.26. The van der Waals surface area contributed by atoms with Gasteiger partial charge < -0.3 is 20.2 Å². The molecular weight excluding hydrogens is 230 g/mol. The van der Waals surface area contributed by atoms with Gasteiger partial charge in [0.2, 0.25) is 5.89 Å². The minimum absolute atomic E-state index is 0.191. The van der Waals surface area contributed by atoms with Gasteiger partial charge in [0.25, 0.3) is 0 Å². The summed E-state index contributed by atoms with van der Waals surface area (Å²) in [7, 11) is 0. The number of aromatic nitrogens is 2. The Labute approximate surface area is 103 Å². The molecule has 0 aliphatic heterocycles. The highest BCUT2D eigenvalue weighted by molar-refractivity contribution is 5.88. The van der Waals surface area contributed by atoms with Crippen molar-refractivity contribution in [1.29, 1.82) is 0 Å². The van der Waals surface area contributed by atoms with Crippen molar-refractivity contribution in [2.75, 3.05) is 0 Å². The van der Waals surface area contributed by atoms with Crippen LogP contribution in [-0.4, -0.2) is 15.1 Å². The number of oxazole rings is 1. The Morgan fingerprint density at radius 2 is 2.28 bits per heavy atom. The van der Waals surface area contributed by atoms with Crippen molar-refractivity contribution in [3.63, 3.8) is 0 Å². The number of hydrogen-bond acceptors (Lipinski definition) is 4. The van der Waals surface area contributed by atoms with Crippen LogP contribution in [0.2, 0.25) is 0 Å². The zero-order valence-corrected chi connectivity index (χ0v) is 9.84. The molecule has 92 valence electrons. The molecule has 2 aromatic heterocycles. The number of phenols is 1. The molecule has 0 amide bonds. The van der Waals surface area contributed by atoms with Gasteiger partial charge in [0.05, 0.1) is 17.8 Å². The summed E-state index contributed by atoms with van der Waals surface area (Å²) in [5.41, 5.74) is 7.12. The van der Waals surface area contributed by atoms with Gasteiger partial charge in [-0.05, 0) is 19.1 Å². The van der Waals surface area contributed by atoms with Gasteiger partial charge >= 0.3 is 0 Å². The fourth-order valence-electron chi connectivity index (χ4n) is 1.88. The molecule has 0 aliphatic carbocycles. The molecule has 3 aromatic rings. The lowest BCUT2D eigenvalue weighted by Crippen LogP contribution is -2.02. The number of H-pyrrole nitrogens is 1. The third-order valence-corrected chi connectivity index (χ3v) is 2.84. The number of aromatic amines is 1. The molecule has 0 bridgehead atoms. The van der Waals surface area contributed by atoms with Gasteiger partial charge in [0.15, 0.2) is 0 Å². The van der Waals surface area contributed by atoms with Gasteiger partial charge in [0.1, 0.15) is 17.2 Å². The molecule has 5 heteroatoms. The summed E-state index contributed by atoms with van der Waals surface area (Å²) in [5, 5.41) is 10.6. The fraction of sp³-hybridized carbons (Fsp3) is 0.154. The van der Waals surface area contributed by atoms with Crippen LogP contribution < -0.4 is 5.73 Å². The maximum atomic E-state index is 9.72. The Bertz CT molecular complexity index is 697. The summed E-state index contributed by atoms with van der Waals surface area (Å²) in [6.07, 6.45) is 1.62. The average molecular weight is 243 g/mol. The number of rotatable bonds is 2. The zero-order valence-electron chi connectivity index (χ0n) is 9.84. The van der Waals surface area contributed by atoms with Crippen LogP contribution in [0.1, 0.15) is 18.7 Å². The van der Waals surface area contributed by atoms with Gasteiger partial charge in [-0.15, -0.1) is 0 Å². The largest absolute Gasteiger partial charge is 0.506 e. The third-order valence-electron chi connectivity index (χ3n) is 2.84. The third kappa shape index (κ3) is 1.65. The summed E-state index contributed by atoms with van der Waals surface area (Å²) in [5.74, 6) is 1.31. The lowest BCUT2D eigenvalue weighted by atomic mass is 10.2. The molecule has 1 aromatic carbocycles. The highest BCUT2D eigenvalue weighted by Gasteiger charge is 2.12. The van der Waals surface area contributed by atoms with Gasteiger partial charge in [-0.1, -0.05) is 12.1 Å². The predicted molar refractivity (Wildman–Crippen MR) is 68.1 cm³/mol. The second-order valence-corrected chi connectivity index (χ2v) is 4.28. The number of hydrogen-bond donors (Lipinski definition) is 3. The first-order valence-electron chi connectivity index (χ1n) is 5.67. The lowest BCUT2D eigenvalue weighted by Gasteiger charge is -1.96. The molecule has 1 unspecified atom stereocenters. The second kappa shape index (κ2) is 3.89. The van der Waals surface area contributed by atoms with E-state index in [9.17, 15) is 5.11 Å². The molecule has 4 N–H and O–H groups in total. The number of aromatic hydroxyl groups is 1. The molecule has 18 heavy (non-hydrogen) atoms. The number of nitrogens with two attached hydrogens (primary N) is 1. The van der Waals surface area contributed by atoms with Crippen LogP contribution in [0, 0.1) is 0 Å². The van der Waals surface area contributed by atoms with Crippen molar-refractivity contribution >= 4 is 10.9 Å². The topological polar surface area (TPSA) is 88.1 Å². The zero-order chi connectivity index (χ0) is 12.7. The van der Waals surface area contributed by atoms with Crippen LogP contribution >= 0.6 is 0 Å². The quantitative estimate of drug-likeness (QED) is 0.645. The summed E-state index contributed by atoms with van der Waals surface area (Å²) in [6.45, 7) is 1.83. The molecule has 0 spiro atoms. The molecule has 3 rings (SSSR count). The fourth-order valence-corrected chi connectivity index (χ4v) is 1.88. The summed E-state index contributed by atoms with van der Waals surface area (Å²) in [6, 6.07) is 7.02. The standard InChI is InChI=1S/C13H13N3O2/c1-7(14)11-6-15-13(18-11)9-5-8-3-2-4-10(17)12(8)16-9/h2-7,16-17H,14H2,1H3. The smallest absolute Gasteiger partial charge is 0.243 e. The van der Waals surface area contributed by atoms with Gasteiger partial charge in [-0.3, -0.25) is 0 Å². The molecule has 2 heterocycles. The highest BCUT2D eigenvalue weighted by atomic mass is 16.4. The van der Waals surface area contributed by atoms with Crippen molar-refractivity contribution in [3.05, 3.63) is 36.2 Å². The monoisotopic (exact) mass is 243 g/mol. The van der Waals surface area contributed by atoms with Crippen molar-refractivity contribution < 1.29 is 9.52 Å². The number of nitrogens with zero attached hydrogens (tertiary/aromatic N) is 1. The summed E-state index contributed by atoms with van der Waals surface area (Å²) < 4.78 is 5.55. The van der Waals surface area contributed by atoms with Crippen LogP contribution in [0.3, 0.4) is 0 Å². The van der Waals surface area contributed by atoms with Crippen LogP contribution in [0.15, 0.2) is 34.9 Å². The Balaban J connectivity index is 2.10. The molecule has 0 aliphatic rings. The van der Waals surface area contributed by atoms with E-state index in [-0.39, 0.29) is 11.8 Å². The minimum Gasteiger partial charge on any atom is -0.506 e. The molecule has 0 saturated carbocycles. The van der Waals surface area contributed by atoms with E-state index in [4.69, 9.17) is 10.2 Å². The van der Waals surface area contributed by atoms with E-state index in [0.717, 1.165) is 11.1 Å². The molecule has 0 radical (unpaired) electrons. The Morgan fingerprint density at radius 1 is 1.44 bits per heavy atom. The maximum Gasteiger partial charge on any atom is 0.243 e. The van der Waals surface area contributed by atoms with E-state index >= 15 is 0 Å².